The lowest BCUT2D eigenvalue weighted by Gasteiger charge is -2.24. The summed E-state index contributed by atoms with van der Waals surface area (Å²) in [6, 6.07) is 8.00. The summed E-state index contributed by atoms with van der Waals surface area (Å²) in [4.78, 5) is 13.1. The van der Waals surface area contributed by atoms with Crippen LogP contribution in [0.15, 0.2) is 40.6 Å². The van der Waals surface area contributed by atoms with E-state index in [1.165, 1.54) is 29.7 Å². The molecule has 1 N–H and O–H groups in total. The Kier molecular flexibility index (Phi) is 3.80. The Balaban J connectivity index is 1.60. The van der Waals surface area contributed by atoms with Crippen LogP contribution in [-0.2, 0) is 13.0 Å². The van der Waals surface area contributed by atoms with Crippen LogP contribution in [0.1, 0.15) is 29.3 Å². The van der Waals surface area contributed by atoms with E-state index in [1.54, 1.807) is 16.7 Å². The van der Waals surface area contributed by atoms with Crippen LogP contribution in [0.2, 0.25) is 0 Å². The molecule has 0 aliphatic heterocycles. The smallest absolute Gasteiger partial charge is 0.250 e. The molecule has 1 atom stereocenters. The minimum atomic E-state index is 0.0733. The zero-order valence-electron chi connectivity index (χ0n) is 10.8. The number of rotatable bonds is 4. The molecular weight excluding hydrogens is 256 g/mol. The molecule has 2 heterocycles. The Morgan fingerprint density at radius 1 is 1.37 bits per heavy atom. The van der Waals surface area contributed by atoms with Crippen LogP contribution in [0, 0.1) is 0 Å². The topological polar surface area (TPSA) is 34.0 Å². The molecule has 3 rings (SSSR count). The Morgan fingerprint density at radius 3 is 3.21 bits per heavy atom. The third kappa shape index (κ3) is 2.80. The Bertz CT molecular complexity index is 602. The highest BCUT2D eigenvalue weighted by Crippen LogP contribution is 2.32. The van der Waals surface area contributed by atoms with Crippen molar-refractivity contribution >= 4 is 11.3 Å². The maximum Gasteiger partial charge on any atom is 0.250 e. The fraction of sp³-hybridized carbons (Fsp3) is 0.400. The predicted octanol–water partition coefficient (Wildman–Crippen LogP) is 2.58. The first-order valence-electron chi connectivity index (χ1n) is 6.80. The fourth-order valence-corrected chi connectivity index (χ4v) is 3.69. The predicted molar refractivity (Wildman–Crippen MR) is 78.7 cm³/mol. The number of aromatic nitrogens is 1. The summed E-state index contributed by atoms with van der Waals surface area (Å²) >= 11 is 1.87. The maximum atomic E-state index is 11.6. The van der Waals surface area contributed by atoms with Crippen molar-refractivity contribution in [2.75, 3.05) is 6.54 Å². The van der Waals surface area contributed by atoms with E-state index in [0.29, 0.717) is 6.04 Å². The van der Waals surface area contributed by atoms with Gasteiger partial charge >= 0.3 is 0 Å². The fourth-order valence-electron chi connectivity index (χ4n) is 2.70. The second kappa shape index (κ2) is 5.72. The van der Waals surface area contributed by atoms with Crippen molar-refractivity contribution in [1.29, 1.82) is 0 Å². The Labute approximate surface area is 116 Å². The van der Waals surface area contributed by atoms with E-state index in [4.69, 9.17) is 0 Å². The molecule has 0 saturated heterocycles. The summed E-state index contributed by atoms with van der Waals surface area (Å²) in [7, 11) is 0. The number of nitrogens with zero attached hydrogens (tertiary/aromatic N) is 1. The minimum Gasteiger partial charge on any atom is -0.314 e. The third-order valence-electron chi connectivity index (χ3n) is 3.69. The second-order valence-electron chi connectivity index (χ2n) is 4.93. The van der Waals surface area contributed by atoms with E-state index >= 15 is 0 Å². The molecule has 2 aromatic heterocycles. The van der Waals surface area contributed by atoms with Crippen LogP contribution in [0.3, 0.4) is 0 Å². The lowest BCUT2D eigenvalue weighted by molar-refractivity contribution is 0.446. The van der Waals surface area contributed by atoms with E-state index in [1.807, 2.05) is 23.6 Å². The largest absolute Gasteiger partial charge is 0.314 e. The van der Waals surface area contributed by atoms with E-state index in [2.05, 4.69) is 16.8 Å². The second-order valence-corrected chi connectivity index (χ2v) is 5.93. The van der Waals surface area contributed by atoms with Gasteiger partial charge in [0.25, 0.3) is 5.56 Å². The number of aryl methyl sites for hydroxylation is 1. The molecule has 0 amide bonds. The summed E-state index contributed by atoms with van der Waals surface area (Å²) in [6.07, 6.45) is 5.54. The van der Waals surface area contributed by atoms with Crippen LogP contribution in [0.5, 0.6) is 0 Å². The summed E-state index contributed by atoms with van der Waals surface area (Å²) < 4.78 is 1.75. The van der Waals surface area contributed by atoms with Crippen molar-refractivity contribution in [2.45, 2.75) is 31.8 Å². The van der Waals surface area contributed by atoms with Crippen LogP contribution in [-0.4, -0.2) is 11.1 Å². The molecule has 1 aliphatic carbocycles. The lowest BCUT2D eigenvalue weighted by atomic mass is 9.94. The van der Waals surface area contributed by atoms with E-state index < -0.39 is 0 Å². The first kappa shape index (κ1) is 12.6. The van der Waals surface area contributed by atoms with E-state index in [0.717, 1.165) is 13.1 Å². The Hall–Kier alpha value is -1.39. The van der Waals surface area contributed by atoms with Crippen LogP contribution in [0.25, 0.3) is 0 Å². The standard InChI is InChI=1S/C15H18N2OS/c18-15-6-1-2-9-17(15)10-8-16-13-4-3-5-14-12(13)7-11-19-14/h1-2,6-7,9,11,13,16H,3-5,8,10H2. The summed E-state index contributed by atoms with van der Waals surface area (Å²) in [6.45, 7) is 1.57. The first-order valence-corrected chi connectivity index (χ1v) is 7.68. The van der Waals surface area contributed by atoms with Crippen molar-refractivity contribution in [3.63, 3.8) is 0 Å². The molecule has 0 saturated carbocycles. The van der Waals surface area contributed by atoms with Gasteiger partial charge in [-0.25, -0.2) is 0 Å². The number of thiophene rings is 1. The zero-order chi connectivity index (χ0) is 13.1. The average Bonchev–Trinajstić information content (AvgIpc) is 2.90. The zero-order valence-corrected chi connectivity index (χ0v) is 11.7. The monoisotopic (exact) mass is 274 g/mol. The minimum absolute atomic E-state index is 0.0733. The molecule has 0 fully saturated rings. The first-order chi connectivity index (χ1) is 9.34. The average molecular weight is 274 g/mol. The number of fused-ring (bicyclic) bond motifs is 1. The van der Waals surface area contributed by atoms with E-state index in [-0.39, 0.29) is 5.56 Å². The van der Waals surface area contributed by atoms with Gasteiger partial charge in [-0.3, -0.25) is 4.79 Å². The summed E-state index contributed by atoms with van der Waals surface area (Å²) in [5.41, 5.74) is 1.54. The van der Waals surface area contributed by atoms with Gasteiger partial charge in [-0.05, 0) is 42.3 Å². The summed E-state index contributed by atoms with van der Waals surface area (Å²) in [5, 5.41) is 5.77. The molecule has 1 unspecified atom stereocenters. The van der Waals surface area contributed by atoms with Gasteiger partial charge in [0.1, 0.15) is 0 Å². The van der Waals surface area contributed by atoms with Crippen molar-refractivity contribution in [2.24, 2.45) is 0 Å². The van der Waals surface area contributed by atoms with E-state index in [9.17, 15) is 4.79 Å². The number of nitrogens with one attached hydrogen (secondary N) is 1. The number of hydrogen-bond donors (Lipinski definition) is 1. The molecule has 3 nitrogen and oxygen atoms in total. The summed E-state index contributed by atoms with van der Waals surface area (Å²) in [5.74, 6) is 0. The molecule has 0 bridgehead atoms. The highest BCUT2D eigenvalue weighted by molar-refractivity contribution is 7.10. The van der Waals surface area contributed by atoms with Gasteiger partial charge < -0.3 is 9.88 Å². The van der Waals surface area contributed by atoms with Crippen LogP contribution < -0.4 is 10.9 Å². The van der Waals surface area contributed by atoms with Crippen LogP contribution >= 0.6 is 11.3 Å². The highest BCUT2D eigenvalue weighted by Gasteiger charge is 2.20. The molecule has 2 aromatic rings. The molecule has 100 valence electrons. The van der Waals surface area contributed by atoms with Crippen molar-refractivity contribution < 1.29 is 0 Å². The normalized spacial score (nSPS) is 18.2. The number of pyridine rings is 1. The maximum absolute atomic E-state index is 11.6. The molecule has 0 aromatic carbocycles. The Morgan fingerprint density at radius 2 is 2.32 bits per heavy atom. The van der Waals surface area contributed by atoms with Gasteiger partial charge in [-0.2, -0.15) is 0 Å². The lowest BCUT2D eigenvalue weighted by Crippen LogP contribution is -2.30. The van der Waals surface area contributed by atoms with Gasteiger partial charge in [-0.15, -0.1) is 11.3 Å². The molecule has 0 radical (unpaired) electrons. The highest BCUT2D eigenvalue weighted by atomic mass is 32.1. The number of hydrogen-bond acceptors (Lipinski definition) is 3. The quantitative estimate of drug-likeness (QED) is 0.930. The van der Waals surface area contributed by atoms with Gasteiger partial charge in [0.2, 0.25) is 0 Å². The van der Waals surface area contributed by atoms with Crippen molar-refractivity contribution in [3.05, 3.63) is 56.6 Å². The molecule has 19 heavy (non-hydrogen) atoms. The molecule has 0 spiro atoms. The van der Waals surface area contributed by atoms with Crippen molar-refractivity contribution in [1.82, 2.24) is 9.88 Å². The SMILES string of the molecule is O=c1ccccn1CCNC1CCCc2sccc21. The van der Waals surface area contributed by atoms with Crippen molar-refractivity contribution in [3.8, 4) is 0 Å². The van der Waals surface area contributed by atoms with Gasteiger partial charge in [0.15, 0.2) is 0 Å². The molecular formula is C15H18N2OS. The van der Waals surface area contributed by atoms with Gasteiger partial charge in [0.05, 0.1) is 0 Å². The van der Waals surface area contributed by atoms with Crippen LogP contribution in [0.4, 0.5) is 0 Å². The van der Waals surface area contributed by atoms with Gasteiger partial charge in [-0.1, -0.05) is 6.07 Å². The third-order valence-corrected chi connectivity index (χ3v) is 4.69. The van der Waals surface area contributed by atoms with Gasteiger partial charge in [0, 0.05) is 36.3 Å². The molecule has 1 aliphatic rings. The molecule has 4 heteroatoms.